The molecule has 0 atom stereocenters. The molecule has 152 valence electrons. The molecule has 0 fully saturated rings. The van der Waals surface area contributed by atoms with Crippen molar-refractivity contribution in [3.05, 3.63) is 114 Å². The van der Waals surface area contributed by atoms with Gasteiger partial charge < -0.3 is 15.0 Å². The molecule has 0 aliphatic heterocycles. The number of para-hydroxylation sites is 1. The van der Waals surface area contributed by atoms with E-state index in [4.69, 9.17) is 10.5 Å². The maximum absolute atomic E-state index is 12.1. The molecule has 1 aromatic heterocycles. The molecule has 5 aromatic rings. The smallest absolute Gasteiger partial charge is 0.249 e. The number of carbonyl (C=O) groups excluding carboxylic acids is 1. The average Bonchev–Trinajstić information content (AvgIpc) is 3.12. The van der Waals surface area contributed by atoms with Crippen LogP contribution >= 0.6 is 0 Å². The van der Waals surface area contributed by atoms with Gasteiger partial charge in [0.05, 0.1) is 5.52 Å². The fraction of sp³-hybridized carbons (Fsp3) is 0.0741. The van der Waals surface area contributed by atoms with Crippen LogP contribution in [-0.4, -0.2) is 10.5 Å². The van der Waals surface area contributed by atoms with E-state index in [-0.39, 0.29) is 0 Å². The summed E-state index contributed by atoms with van der Waals surface area (Å²) in [5.74, 6) is 0.421. The van der Waals surface area contributed by atoms with Crippen molar-refractivity contribution in [2.45, 2.75) is 13.2 Å². The molecule has 1 amide bonds. The van der Waals surface area contributed by atoms with Gasteiger partial charge in [-0.25, -0.2) is 0 Å². The third-order valence-electron chi connectivity index (χ3n) is 5.55. The van der Waals surface area contributed by atoms with Gasteiger partial charge in [0.2, 0.25) is 5.91 Å². The first-order valence-corrected chi connectivity index (χ1v) is 10.3. The lowest BCUT2D eigenvalue weighted by molar-refractivity contribution is 0.100. The maximum Gasteiger partial charge on any atom is 0.249 e. The Morgan fingerprint density at radius 3 is 2.32 bits per heavy atom. The summed E-state index contributed by atoms with van der Waals surface area (Å²) in [6, 6.07) is 32.1. The van der Waals surface area contributed by atoms with Crippen LogP contribution < -0.4 is 10.5 Å². The lowest BCUT2D eigenvalue weighted by Gasteiger charge is -2.11. The summed E-state index contributed by atoms with van der Waals surface area (Å²) in [7, 11) is 0. The Morgan fingerprint density at radius 2 is 1.48 bits per heavy atom. The van der Waals surface area contributed by atoms with E-state index >= 15 is 0 Å². The second kappa shape index (κ2) is 8.00. The van der Waals surface area contributed by atoms with Crippen LogP contribution in [0.15, 0.2) is 97.1 Å². The van der Waals surface area contributed by atoms with E-state index < -0.39 is 5.91 Å². The molecule has 4 nitrogen and oxygen atoms in total. The fourth-order valence-corrected chi connectivity index (χ4v) is 4.13. The number of amides is 1. The van der Waals surface area contributed by atoms with Crippen molar-refractivity contribution in [3.8, 4) is 5.75 Å². The third kappa shape index (κ3) is 3.64. The van der Waals surface area contributed by atoms with Gasteiger partial charge in [0.25, 0.3) is 0 Å². The molecule has 31 heavy (non-hydrogen) atoms. The highest BCUT2D eigenvalue weighted by Crippen LogP contribution is 2.32. The molecular weight excluding hydrogens is 384 g/mol. The summed E-state index contributed by atoms with van der Waals surface area (Å²) in [6.07, 6.45) is 0. The van der Waals surface area contributed by atoms with Crippen LogP contribution in [-0.2, 0) is 13.2 Å². The van der Waals surface area contributed by atoms with Gasteiger partial charge >= 0.3 is 0 Å². The van der Waals surface area contributed by atoms with Gasteiger partial charge in [-0.3, -0.25) is 4.79 Å². The van der Waals surface area contributed by atoms with Crippen molar-refractivity contribution < 1.29 is 9.53 Å². The lowest BCUT2D eigenvalue weighted by Crippen LogP contribution is -2.11. The topological polar surface area (TPSA) is 57.2 Å². The molecular formula is C27H22N2O2. The molecule has 4 aromatic carbocycles. The van der Waals surface area contributed by atoms with Gasteiger partial charge in [-0.15, -0.1) is 0 Å². The van der Waals surface area contributed by atoms with E-state index in [1.165, 1.54) is 0 Å². The Morgan fingerprint density at radius 1 is 0.774 bits per heavy atom. The van der Waals surface area contributed by atoms with Crippen LogP contribution in [0.25, 0.3) is 21.8 Å². The van der Waals surface area contributed by atoms with Crippen LogP contribution in [0.3, 0.4) is 0 Å². The fourth-order valence-electron chi connectivity index (χ4n) is 4.13. The van der Waals surface area contributed by atoms with Gasteiger partial charge in [0.1, 0.15) is 12.4 Å². The summed E-state index contributed by atoms with van der Waals surface area (Å²) in [5, 5.41) is 1.94. The Labute approximate surface area is 180 Å². The summed E-state index contributed by atoms with van der Waals surface area (Å²) >= 11 is 0. The first-order valence-electron chi connectivity index (χ1n) is 10.3. The zero-order chi connectivity index (χ0) is 21.2. The molecule has 0 radical (unpaired) electrons. The molecule has 0 saturated heterocycles. The first-order chi connectivity index (χ1) is 15.2. The van der Waals surface area contributed by atoms with Gasteiger partial charge in [-0.1, -0.05) is 66.7 Å². The van der Waals surface area contributed by atoms with E-state index in [0.717, 1.165) is 38.7 Å². The number of hydrogen-bond acceptors (Lipinski definition) is 2. The number of carbonyl (C=O) groups is 1. The average molecular weight is 406 g/mol. The maximum atomic E-state index is 12.1. The third-order valence-corrected chi connectivity index (χ3v) is 5.55. The molecule has 0 aliphatic rings. The van der Waals surface area contributed by atoms with E-state index in [1.54, 1.807) is 6.07 Å². The van der Waals surface area contributed by atoms with Gasteiger partial charge in [0.15, 0.2) is 0 Å². The largest absolute Gasteiger partial charge is 0.489 e. The van der Waals surface area contributed by atoms with Crippen molar-refractivity contribution in [1.82, 2.24) is 4.57 Å². The van der Waals surface area contributed by atoms with E-state index in [2.05, 4.69) is 34.9 Å². The van der Waals surface area contributed by atoms with Crippen molar-refractivity contribution in [1.29, 1.82) is 0 Å². The second-order valence-corrected chi connectivity index (χ2v) is 7.59. The minimum Gasteiger partial charge on any atom is -0.489 e. The van der Waals surface area contributed by atoms with Crippen LogP contribution in [0.1, 0.15) is 21.5 Å². The van der Waals surface area contributed by atoms with Crippen molar-refractivity contribution in [3.63, 3.8) is 0 Å². The molecule has 5 rings (SSSR count). The second-order valence-electron chi connectivity index (χ2n) is 7.59. The van der Waals surface area contributed by atoms with E-state index in [9.17, 15) is 4.79 Å². The van der Waals surface area contributed by atoms with Crippen LogP contribution in [0.5, 0.6) is 5.75 Å². The standard InChI is InChI=1S/C27H22N2O2/c28-27(30)23-13-7-15-25-26(23)22-12-4-5-14-24(22)29(25)17-20-10-6-11-21(16-20)31-18-19-8-2-1-3-9-19/h1-16H,17-18H2,(H2,28,30). The van der Waals surface area contributed by atoms with Crippen molar-refractivity contribution >= 4 is 27.7 Å². The Hall–Kier alpha value is -4.05. The summed E-state index contributed by atoms with van der Waals surface area (Å²) in [5.41, 5.74) is 10.5. The van der Waals surface area contributed by atoms with Crippen LogP contribution in [0.4, 0.5) is 0 Å². The molecule has 1 heterocycles. The molecule has 0 saturated carbocycles. The van der Waals surface area contributed by atoms with E-state index in [1.807, 2.05) is 60.7 Å². The molecule has 0 spiro atoms. The number of primary amides is 1. The SMILES string of the molecule is NC(=O)c1cccc2c1c1ccccc1n2Cc1cccc(OCc2ccccc2)c1. The predicted molar refractivity (Wildman–Crippen MR) is 124 cm³/mol. The molecule has 0 unspecified atom stereocenters. The monoisotopic (exact) mass is 406 g/mol. The zero-order valence-corrected chi connectivity index (χ0v) is 17.0. The van der Waals surface area contributed by atoms with Gasteiger partial charge in [0, 0.05) is 28.4 Å². The number of nitrogens with two attached hydrogens (primary N) is 1. The minimum absolute atomic E-state index is 0.412. The highest BCUT2D eigenvalue weighted by molar-refractivity contribution is 6.17. The molecule has 0 aliphatic carbocycles. The minimum atomic E-state index is -0.412. The quantitative estimate of drug-likeness (QED) is 0.404. The number of hydrogen-bond donors (Lipinski definition) is 1. The number of aromatic nitrogens is 1. The Balaban J connectivity index is 1.52. The van der Waals surface area contributed by atoms with Gasteiger partial charge in [-0.05, 0) is 41.5 Å². The molecule has 0 bridgehead atoms. The van der Waals surface area contributed by atoms with Crippen LogP contribution in [0.2, 0.25) is 0 Å². The summed E-state index contributed by atoms with van der Waals surface area (Å²) < 4.78 is 8.24. The normalized spacial score (nSPS) is 11.1. The highest BCUT2D eigenvalue weighted by atomic mass is 16.5. The van der Waals surface area contributed by atoms with Gasteiger partial charge in [-0.2, -0.15) is 0 Å². The first kappa shape index (κ1) is 18.9. The Bertz CT molecular complexity index is 1390. The molecule has 4 heteroatoms. The number of fused-ring (bicyclic) bond motifs is 3. The molecule has 2 N–H and O–H groups in total. The number of benzene rings is 4. The van der Waals surface area contributed by atoms with Crippen molar-refractivity contribution in [2.24, 2.45) is 5.73 Å². The number of nitrogens with zero attached hydrogens (tertiary/aromatic N) is 1. The highest BCUT2D eigenvalue weighted by Gasteiger charge is 2.16. The zero-order valence-electron chi connectivity index (χ0n) is 17.0. The Kier molecular flexibility index (Phi) is 4.89. The lowest BCUT2D eigenvalue weighted by atomic mass is 10.1. The predicted octanol–water partition coefficient (Wildman–Crippen LogP) is 5.52. The van der Waals surface area contributed by atoms with E-state index in [0.29, 0.717) is 18.7 Å². The summed E-state index contributed by atoms with van der Waals surface area (Å²) in [6.45, 7) is 1.19. The number of ether oxygens (including phenoxy) is 1. The van der Waals surface area contributed by atoms with Crippen molar-refractivity contribution in [2.75, 3.05) is 0 Å². The summed E-state index contributed by atoms with van der Waals surface area (Å²) in [4.78, 5) is 12.1. The van der Waals surface area contributed by atoms with Crippen LogP contribution in [0, 0.1) is 0 Å². The number of rotatable bonds is 6.